The van der Waals surface area contributed by atoms with Crippen LogP contribution in [0.2, 0.25) is 5.02 Å². The maximum absolute atomic E-state index is 12.3. The van der Waals surface area contributed by atoms with Crippen LogP contribution in [0.3, 0.4) is 0 Å². The van der Waals surface area contributed by atoms with Gasteiger partial charge in [-0.3, -0.25) is 4.79 Å². The highest BCUT2D eigenvalue weighted by atomic mass is 79.9. The Morgan fingerprint density at radius 3 is 2.58 bits per heavy atom. The maximum atomic E-state index is 12.3. The van der Waals surface area contributed by atoms with Crippen LogP contribution in [0.4, 0.5) is 0 Å². The van der Waals surface area contributed by atoms with E-state index in [9.17, 15) is 4.79 Å². The van der Waals surface area contributed by atoms with Crippen molar-refractivity contribution in [3.05, 3.63) is 86.4 Å². The zero-order valence-corrected chi connectivity index (χ0v) is 16.8. The van der Waals surface area contributed by atoms with Gasteiger partial charge >= 0.3 is 0 Å². The van der Waals surface area contributed by atoms with E-state index in [-0.39, 0.29) is 5.91 Å². The lowest BCUT2D eigenvalue weighted by molar-refractivity contribution is 0.0953. The molecule has 0 aliphatic heterocycles. The molecule has 1 amide bonds. The van der Waals surface area contributed by atoms with Gasteiger partial charge in [-0.2, -0.15) is 0 Å². The number of carbonyl (C=O) groups excluding carboxylic acids is 1. The first-order valence-corrected chi connectivity index (χ1v) is 9.78. The molecule has 0 bridgehead atoms. The molecule has 2 aromatic carbocycles. The van der Waals surface area contributed by atoms with Crippen molar-refractivity contribution >= 4 is 44.8 Å². The Morgan fingerprint density at radius 1 is 1.23 bits per heavy atom. The van der Waals surface area contributed by atoms with Crippen molar-refractivity contribution in [1.29, 1.82) is 0 Å². The SMILES string of the molecule is C=CCn1c(-c2ccc(Cl)cc2)csc1=NNC(=O)c1ccc(Br)cc1. The van der Waals surface area contributed by atoms with E-state index in [2.05, 4.69) is 33.0 Å². The van der Waals surface area contributed by atoms with Crippen molar-refractivity contribution in [2.75, 3.05) is 0 Å². The molecule has 0 atom stereocenters. The topological polar surface area (TPSA) is 46.4 Å². The van der Waals surface area contributed by atoms with Gasteiger partial charge in [0.05, 0.1) is 5.69 Å². The van der Waals surface area contributed by atoms with E-state index in [1.165, 1.54) is 11.3 Å². The summed E-state index contributed by atoms with van der Waals surface area (Å²) in [5.74, 6) is -0.260. The van der Waals surface area contributed by atoms with Crippen molar-refractivity contribution in [2.24, 2.45) is 5.10 Å². The first-order valence-electron chi connectivity index (χ1n) is 7.73. The largest absolute Gasteiger partial charge is 0.311 e. The lowest BCUT2D eigenvalue weighted by Crippen LogP contribution is -2.24. The number of amides is 1. The van der Waals surface area contributed by atoms with Crippen molar-refractivity contribution in [2.45, 2.75) is 6.54 Å². The molecule has 0 saturated heterocycles. The Kier molecular flexibility index (Phi) is 6.08. The van der Waals surface area contributed by atoms with Crippen LogP contribution in [-0.2, 0) is 6.54 Å². The molecule has 0 unspecified atom stereocenters. The number of rotatable bonds is 5. The Balaban J connectivity index is 1.90. The van der Waals surface area contributed by atoms with Crippen LogP contribution < -0.4 is 10.2 Å². The Labute approximate surface area is 168 Å². The fourth-order valence-corrected chi connectivity index (χ4v) is 3.61. The zero-order valence-electron chi connectivity index (χ0n) is 13.7. The second kappa shape index (κ2) is 8.49. The fraction of sp³-hybridized carbons (Fsp3) is 0.0526. The molecule has 0 saturated carbocycles. The van der Waals surface area contributed by atoms with E-state index >= 15 is 0 Å². The highest BCUT2D eigenvalue weighted by Gasteiger charge is 2.08. The van der Waals surface area contributed by atoms with Crippen LogP contribution in [0.1, 0.15) is 10.4 Å². The highest BCUT2D eigenvalue weighted by molar-refractivity contribution is 9.10. The number of hydrogen-bond donors (Lipinski definition) is 1. The summed E-state index contributed by atoms with van der Waals surface area (Å²) in [6, 6.07) is 14.7. The first-order chi connectivity index (χ1) is 12.6. The van der Waals surface area contributed by atoms with Crippen LogP contribution in [0.15, 0.2) is 76.1 Å². The second-order valence-corrected chi connectivity index (χ2v) is 7.56. The van der Waals surface area contributed by atoms with Gasteiger partial charge in [-0.15, -0.1) is 23.0 Å². The lowest BCUT2D eigenvalue weighted by atomic mass is 10.2. The van der Waals surface area contributed by atoms with E-state index in [1.54, 1.807) is 18.2 Å². The minimum absolute atomic E-state index is 0.260. The molecule has 0 aliphatic carbocycles. The van der Waals surface area contributed by atoms with Crippen LogP contribution in [0.25, 0.3) is 11.3 Å². The Bertz CT molecular complexity index is 991. The van der Waals surface area contributed by atoms with E-state index in [4.69, 9.17) is 11.6 Å². The number of benzene rings is 2. The van der Waals surface area contributed by atoms with Gasteiger partial charge in [0.15, 0.2) is 0 Å². The van der Waals surface area contributed by atoms with Gasteiger partial charge in [0.1, 0.15) is 0 Å². The lowest BCUT2D eigenvalue weighted by Gasteiger charge is -2.07. The highest BCUT2D eigenvalue weighted by Crippen LogP contribution is 2.22. The predicted octanol–water partition coefficient (Wildman–Crippen LogP) is 5.06. The van der Waals surface area contributed by atoms with Crippen LogP contribution >= 0.6 is 38.9 Å². The second-order valence-electron chi connectivity index (χ2n) is 5.37. The summed E-state index contributed by atoms with van der Waals surface area (Å²) in [6.45, 7) is 4.38. The number of aromatic nitrogens is 1. The molecule has 3 rings (SSSR count). The van der Waals surface area contributed by atoms with E-state index in [0.29, 0.717) is 21.9 Å². The first kappa shape index (κ1) is 18.6. The maximum Gasteiger partial charge on any atom is 0.271 e. The third-order valence-corrected chi connectivity index (χ3v) is 5.25. The smallest absolute Gasteiger partial charge is 0.271 e. The summed E-state index contributed by atoms with van der Waals surface area (Å²) in [7, 11) is 0. The molecule has 4 nitrogen and oxygen atoms in total. The van der Waals surface area contributed by atoms with Crippen LogP contribution in [0.5, 0.6) is 0 Å². The van der Waals surface area contributed by atoms with E-state index < -0.39 is 0 Å². The number of carbonyl (C=O) groups is 1. The van der Waals surface area contributed by atoms with Gasteiger partial charge in [-0.25, -0.2) is 5.43 Å². The molecule has 1 aromatic heterocycles. The number of halogens is 2. The van der Waals surface area contributed by atoms with E-state index in [1.807, 2.05) is 46.3 Å². The molecule has 132 valence electrons. The number of nitrogens with one attached hydrogen (secondary N) is 1. The number of thiazole rings is 1. The Hall–Kier alpha value is -2.15. The number of hydrogen-bond acceptors (Lipinski definition) is 3. The molecule has 3 aromatic rings. The molecule has 7 heteroatoms. The van der Waals surface area contributed by atoms with Gasteiger partial charge in [0.2, 0.25) is 4.80 Å². The predicted molar refractivity (Wildman–Crippen MR) is 110 cm³/mol. The zero-order chi connectivity index (χ0) is 18.5. The van der Waals surface area contributed by atoms with Crippen LogP contribution in [0, 0.1) is 0 Å². The Morgan fingerprint density at radius 2 is 1.92 bits per heavy atom. The van der Waals surface area contributed by atoms with Gasteiger partial charge in [-0.05, 0) is 42.0 Å². The molecule has 0 radical (unpaired) electrons. The average Bonchev–Trinajstić information content (AvgIpc) is 3.04. The standard InChI is InChI=1S/C19H15BrClN3OS/c1-2-11-24-17(13-5-9-16(21)10-6-13)12-26-19(24)23-22-18(25)14-3-7-15(20)8-4-14/h2-10,12H,1,11H2,(H,22,25). The molecular weight excluding hydrogens is 434 g/mol. The van der Waals surface area contributed by atoms with Gasteiger partial charge in [0, 0.05) is 27.0 Å². The third-order valence-electron chi connectivity index (χ3n) is 3.61. The monoisotopic (exact) mass is 447 g/mol. The molecule has 0 spiro atoms. The summed E-state index contributed by atoms with van der Waals surface area (Å²) in [4.78, 5) is 12.9. The van der Waals surface area contributed by atoms with Gasteiger partial charge < -0.3 is 4.57 Å². The van der Waals surface area contributed by atoms with Gasteiger partial charge in [0.25, 0.3) is 5.91 Å². The molecule has 26 heavy (non-hydrogen) atoms. The van der Waals surface area contributed by atoms with Crippen molar-refractivity contribution in [3.63, 3.8) is 0 Å². The van der Waals surface area contributed by atoms with Crippen LogP contribution in [-0.4, -0.2) is 10.5 Å². The molecule has 1 heterocycles. The minimum atomic E-state index is -0.260. The summed E-state index contributed by atoms with van der Waals surface area (Å²) in [5.41, 5.74) is 5.17. The quantitative estimate of drug-likeness (QED) is 0.430. The van der Waals surface area contributed by atoms with Crippen molar-refractivity contribution in [3.8, 4) is 11.3 Å². The average molecular weight is 449 g/mol. The molecular formula is C19H15BrClN3OS. The van der Waals surface area contributed by atoms with E-state index in [0.717, 1.165) is 15.7 Å². The molecule has 0 fully saturated rings. The minimum Gasteiger partial charge on any atom is -0.311 e. The third kappa shape index (κ3) is 4.33. The summed E-state index contributed by atoms with van der Waals surface area (Å²) >= 11 is 10.8. The normalized spacial score (nSPS) is 11.4. The summed E-state index contributed by atoms with van der Waals surface area (Å²) in [6.07, 6.45) is 1.79. The molecule has 1 N–H and O–H groups in total. The summed E-state index contributed by atoms with van der Waals surface area (Å²) < 4.78 is 2.91. The molecule has 0 aliphatic rings. The van der Waals surface area contributed by atoms with Crippen molar-refractivity contribution in [1.82, 2.24) is 9.99 Å². The fourth-order valence-electron chi connectivity index (χ4n) is 2.34. The van der Waals surface area contributed by atoms with Gasteiger partial charge in [-0.1, -0.05) is 45.7 Å². The van der Waals surface area contributed by atoms with Crippen molar-refractivity contribution < 1.29 is 4.79 Å². The summed E-state index contributed by atoms with van der Waals surface area (Å²) in [5, 5.41) is 6.97. The number of nitrogens with zero attached hydrogens (tertiary/aromatic N) is 2. The number of allylic oxidation sites excluding steroid dienone is 1.